The number of allylic oxidation sites excluding steroid dienone is 2. The molecule has 2 nitrogen and oxygen atoms in total. The zero-order chi connectivity index (χ0) is 31.4. The van der Waals surface area contributed by atoms with Crippen LogP contribution in [0.4, 0.5) is 26.3 Å². The van der Waals surface area contributed by atoms with Gasteiger partial charge in [-0.2, -0.15) is 26.3 Å². The SMILES string of the molecule is FC1(F)C(c2nc(-c3ccccc3)sc2-c2ccccc2)=C(c2nc(-c3ccccc3)sc2-c2ccccc2)C(F)(F)C1(F)F. The molecule has 0 atom stereocenters. The maximum absolute atomic E-state index is 16.1. The number of thiazole rings is 2. The molecule has 0 bridgehead atoms. The first-order valence-corrected chi connectivity index (χ1v) is 15.4. The van der Waals surface area contributed by atoms with Gasteiger partial charge in [-0.1, -0.05) is 121 Å². The average molecular weight is 647 g/mol. The van der Waals surface area contributed by atoms with Crippen molar-refractivity contribution >= 4 is 33.8 Å². The van der Waals surface area contributed by atoms with Crippen molar-refractivity contribution in [3.63, 3.8) is 0 Å². The van der Waals surface area contributed by atoms with Gasteiger partial charge >= 0.3 is 17.8 Å². The lowest BCUT2D eigenvalue weighted by atomic mass is 9.97. The van der Waals surface area contributed by atoms with Gasteiger partial charge in [-0.15, -0.1) is 22.7 Å². The molecule has 0 unspecified atom stereocenters. The van der Waals surface area contributed by atoms with Crippen molar-refractivity contribution < 1.29 is 26.3 Å². The van der Waals surface area contributed by atoms with E-state index < -0.39 is 40.3 Å². The molecule has 0 saturated heterocycles. The van der Waals surface area contributed by atoms with Crippen molar-refractivity contribution in [1.82, 2.24) is 9.97 Å². The van der Waals surface area contributed by atoms with Crippen LogP contribution in [0.5, 0.6) is 0 Å². The summed E-state index contributed by atoms with van der Waals surface area (Å²) in [6.45, 7) is 0. The molecule has 2 aromatic heterocycles. The highest BCUT2D eigenvalue weighted by atomic mass is 32.1. The largest absolute Gasteiger partial charge is 0.380 e. The van der Waals surface area contributed by atoms with Crippen LogP contribution < -0.4 is 0 Å². The summed E-state index contributed by atoms with van der Waals surface area (Å²) in [6, 6.07) is 33.5. The van der Waals surface area contributed by atoms with Crippen LogP contribution in [-0.4, -0.2) is 27.7 Å². The molecule has 0 saturated carbocycles. The highest BCUT2D eigenvalue weighted by molar-refractivity contribution is 7.19. The Morgan fingerprint density at radius 2 is 0.689 bits per heavy atom. The number of alkyl halides is 6. The van der Waals surface area contributed by atoms with E-state index in [0.29, 0.717) is 22.3 Å². The van der Waals surface area contributed by atoms with Crippen LogP contribution >= 0.6 is 22.7 Å². The van der Waals surface area contributed by atoms with Crippen molar-refractivity contribution in [2.75, 3.05) is 0 Å². The Hall–Kier alpha value is -4.54. The van der Waals surface area contributed by atoms with Crippen LogP contribution in [0.3, 0.4) is 0 Å². The summed E-state index contributed by atoms with van der Waals surface area (Å²) in [5, 5.41) is 0.439. The highest BCUT2D eigenvalue weighted by Crippen LogP contribution is 2.66. The molecule has 0 radical (unpaired) electrons. The minimum Gasteiger partial charge on any atom is -0.235 e. The monoisotopic (exact) mass is 646 g/mol. The number of nitrogens with zero attached hydrogens (tertiary/aromatic N) is 2. The van der Waals surface area contributed by atoms with Crippen molar-refractivity contribution in [1.29, 1.82) is 0 Å². The third-order valence-electron chi connectivity index (χ3n) is 7.51. The molecular formula is C35H20F6N2S2. The summed E-state index contributed by atoms with van der Waals surface area (Å²) < 4.78 is 95.5. The topological polar surface area (TPSA) is 25.8 Å². The molecule has 0 aliphatic heterocycles. The Labute approximate surface area is 262 Å². The molecule has 6 aromatic rings. The number of halogens is 6. The Kier molecular flexibility index (Phi) is 7.02. The van der Waals surface area contributed by atoms with Gasteiger partial charge in [0.1, 0.15) is 10.0 Å². The van der Waals surface area contributed by atoms with Crippen molar-refractivity contribution in [3.8, 4) is 42.0 Å². The van der Waals surface area contributed by atoms with Gasteiger partial charge in [0.05, 0.1) is 32.3 Å². The predicted molar refractivity (Wildman–Crippen MR) is 168 cm³/mol. The maximum atomic E-state index is 16.1. The number of benzene rings is 4. The molecule has 224 valence electrons. The molecule has 10 heteroatoms. The first kappa shape index (κ1) is 29.2. The van der Waals surface area contributed by atoms with E-state index >= 15 is 26.3 Å². The Bertz CT molecular complexity index is 1880. The molecule has 0 fully saturated rings. The normalized spacial score (nSPS) is 16.7. The van der Waals surface area contributed by atoms with Crippen LogP contribution in [0.25, 0.3) is 53.2 Å². The van der Waals surface area contributed by atoms with E-state index in [1.165, 1.54) is 0 Å². The van der Waals surface area contributed by atoms with E-state index in [9.17, 15) is 0 Å². The van der Waals surface area contributed by atoms with E-state index in [1.807, 2.05) is 0 Å². The lowest BCUT2D eigenvalue weighted by Gasteiger charge is -2.25. The standard InChI is InChI=1S/C35H20F6N2S2/c36-33(37)25(27-29(21-13-5-1-6-14-21)44-31(42-27)23-17-9-3-10-18-23)26(34(38,39)35(33,40)41)28-30(22-15-7-2-8-16-22)45-32(43-28)24-19-11-4-12-20-24/h1-20H. The van der Waals surface area contributed by atoms with Gasteiger partial charge in [0.2, 0.25) is 0 Å². The fourth-order valence-electron chi connectivity index (χ4n) is 5.32. The highest BCUT2D eigenvalue weighted by Gasteiger charge is 2.81. The molecule has 45 heavy (non-hydrogen) atoms. The second-order valence-corrected chi connectivity index (χ2v) is 12.3. The van der Waals surface area contributed by atoms with Gasteiger partial charge < -0.3 is 0 Å². The summed E-state index contributed by atoms with van der Waals surface area (Å²) in [7, 11) is 0. The third kappa shape index (κ3) is 4.62. The molecule has 0 N–H and O–H groups in total. The molecule has 0 amide bonds. The maximum Gasteiger partial charge on any atom is 0.380 e. The lowest BCUT2D eigenvalue weighted by molar-refractivity contribution is -0.254. The Morgan fingerprint density at radius 3 is 1.00 bits per heavy atom. The fraction of sp³-hybridized carbons (Fsp3) is 0.0857. The summed E-state index contributed by atoms with van der Waals surface area (Å²) in [6.07, 6.45) is 0. The molecular weight excluding hydrogens is 627 g/mol. The summed E-state index contributed by atoms with van der Waals surface area (Å²) in [5.41, 5.74) is -2.52. The van der Waals surface area contributed by atoms with Crippen LogP contribution in [0.15, 0.2) is 121 Å². The minimum atomic E-state index is -5.76. The van der Waals surface area contributed by atoms with Crippen molar-refractivity contribution in [2.45, 2.75) is 17.8 Å². The van der Waals surface area contributed by atoms with Gasteiger partial charge in [0.25, 0.3) is 0 Å². The molecule has 1 aliphatic carbocycles. The Balaban J connectivity index is 1.59. The van der Waals surface area contributed by atoms with Crippen LogP contribution in [-0.2, 0) is 0 Å². The smallest absolute Gasteiger partial charge is 0.235 e. The zero-order valence-corrected chi connectivity index (χ0v) is 24.7. The van der Waals surface area contributed by atoms with Crippen molar-refractivity contribution in [2.24, 2.45) is 0 Å². The van der Waals surface area contributed by atoms with Gasteiger partial charge in [-0.05, 0) is 11.1 Å². The van der Waals surface area contributed by atoms with Gasteiger partial charge in [0, 0.05) is 11.1 Å². The van der Waals surface area contributed by atoms with Gasteiger partial charge in [0.15, 0.2) is 0 Å². The van der Waals surface area contributed by atoms with E-state index in [2.05, 4.69) is 9.97 Å². The number of hydrogen-bond acceptors (Lipinski definition) is 4. The van der Waals surface area contributed by atoms with Crippen LogP contribution in [0.1, 0.15) is 11.4 Å². The van der Waals surface area contributed by atoms with Crippen LogP contribution in [0.2, 0.25) is 0 Å². The number of aromatic nitrogens is 2. The average Bonchev–Trinajstić information content (AvgIpc) is 3.72. The van der Waals surface area contributed by atoms with Crippen molar-refractivity contribution in [3.05, 3.63) is 133 Å². The van der Waals surface area contributed by atoms with E-state index in [4.69, 9.17) is 0 Å². The number of hydrogen-bond donors (Lipinski definition) is 0. The first-order valence-electron chi connectivity index (χ1n) is 13.7. The third-order valence-corrected chi connectivity index (χ3v) is 9.82. The van der Waals surface area contributed by atoms with Gasteiger partial charge in [-0.25, -0.2) is 9.97 Å². The Morgan fingerprint density at radius 1 is 0.400 bits per heavy atom. The predicted octanol–water partition coefficient (Wildman–Crippen LogP) is 11.1. The zero-order valence-electron chi connectivity index (χ0n) is 23.0. The molecule has 4 aromatic carbocycles. The molecule has 1 aliphatic rings. The second kappa shape index (κ2) is 10.8. The second-order valence-electron chi connectivity index (χ2n) is 10.3. The molecule has 2 heterocycles. The van der Waals surface area contributed by atoms with E-state index in [-0.39, 0.29) is 19.8 Å². The van der Waals surface area contributed by atoms with E-state index in [0.717, 1.165) is 22.7 Å². The molecule has 0 spiro atoms. The quantitative estimate of drug-likeness (QED) is 0.168. The van der Waals surface area contributed by atoms with E-state index in [1.54, 1.807) is 121 Å². The summed E-state index contributed by atoms with van der Waals surface area (Å²) in [4.78, 5) is 8.93. The molecule has 7 rings (SSSR count). The van der Waals surface area contributed by atoms with Crippen LogP contribution in [0, 0.1) is 0 Å². The summed E-state index contributed by atoms with van der Waals surface area (Å²) in [5.74, 6) is -16.3. The lowest BCUT2D eigenvalue weighted by Crippen LogP contribution is -2.49. The first-order chi connectivity index (χ1) is 21.6. The summed E-state index contributed by atoms with van der Waals surface area (Å²) >= 11 is 1.93. The van der Waals surface area contributed by atoms with Gasteiger partial charge in [-0.3, -0.25) is 0 Å². The number of rotatable bonds is 6. The minimum absolute atomic E-state index is 0.0647. The fourth-order valence-corrected chi connectivity index (χ4v) is 7.48.